The fourth-order valence-corrected chi connectivity index (χ4v) is 2.42. The smallest absolute Gasteiger partial charge is 0.220 e. The van der Waals surface area contributed by atoms with E-state index in [1.54, 1.807) is 6.07 Å². The van der Waals surface area contributed by atoms with Crippen LogP contribution in [0.5, 0.6) is 5.75 Å². The Morgan fingerprint density at radius 3 is 2.95 bits per heavy atom. The molecule has 1 aliphatic heterocycles. The topological polar surface area (TPSA) is 50.4 Å². The average Bonchev–Trinajstić information content (AvgIpc) is 2.96. The zero-order valence-corrected chi connectivity index (χ0v) is 13.5. The van der Waals surface area contributed by atoms with Gasteiger partial charge in [0.25, 0.3) is 0 Å². The van der Waals surface area contributed by atoms with Crippen LogP contribution in [0.15, 0.2) is 24.3 Å². The number of para-hydroxylation sites is 1. The molecular weight excluding hydrogens is 311 g/mol. The lowest BCUT2D eigenvalue weighted by molar-refractivity contribution is -0.121. The zero-order valence-electron chi connectivity index (χ0n) is 11.9. The molecule has 0 bridgehead atoms. The minimum atomic E-state index is 0. The van der Waals surface area contributed by atoms with E-state index in [4.69, 9.17) is 16.3 Å². The second-order valence-corrected chi connectivity index (χ2v) is 5.39. The maximum atomic E-state index is 11.7. The molecule has 1 unspecified atom stereocenters. The molecule has 21 heavy (non-hydrogen) atoms. The minimum Gasteiger partial charge on any atom is -0.492 e. The van der Waals surface area contributed by atoms with Gasteiger partial charge >= 0.3 is 0 Å². The van der Waals surface area contributed by atoms with Gasteiger partial charge in [-0.3, -0.25) is 4.79 Å². The van der Waals surface area contributed by atoms with Crippen LogP contribution in [0, 0.1) is 0 Å². The van der Waals surface area contributed by atoms with E-state index < -0.39 is 0 Å². The van der Waals surface area contributed by atoms with Gasteiger partial charge in [0.1, 0.15) is 5.75 Å². The van der Waals surface area contributed by atoms with E-state index in [2.05, 4.69) is 10.6 Å². The van der Waals surface area contributed by atoms with Crippen LogP contribution >= 0.6 is 24.0 Å². The highest BCUT2D eigenvalue weighted by atomic mass is 35.5. The van der Waals surface area contributed by atoms with E-state index in [9.17, 15) is 4.79 Å². The fourth-order valence-electron chi connectivity index (χ4n) is 2.23. The van der Waals surface area contributed by atoms with E-state index in [-0.39, 0.29) is 18.3 Å². The maximum absolute atomic E-state index is 11.7. The SMILES string of the molecule is Cl.O=C(CCCOc1ccccc1Cl)NCC1CCCN1. The quantitative estimate of drug-likeness (QED) is 0.755. The Morgan fingerprint density at radius 2 is 2.24 bits per heavy atom. The van der Waals surface area contributed by atoms with Gasteiger partial charge in [0.15, 0.2) is 0 Å². The van der Waals surface area contributed by atoms with Crippen molar-refractivity contribution in [1.29, 1.82) is 0 Å². The first-order chi connectivity index (χ1) is 9.75. The van der Waals surface area contributed by atoms with Gasteiger partial charge in [-0.05, 0) is 37.9 Å². The predicted molar refractivity (Wildman–Crippen MR) is 87.5 cm³/mol. The van der Waals surface area contributed by atoms with E-state index >= 15 is 0 Å². The summed E-state index contributed by atoms with van der Waals surface area (Å²) in [4.78, 5) is 11.7. The standard InChI is InChI=1S/C15H21ClN2O2.ClH/c16-13-6-1-2-7-14(13)20-10-4-8-15(19)18-11-12-5-3-9-17-12;/h1-2,6-7,12,17H,3-5,8-11H2,(H,18,19);1H. The van der Waals surface area contributed by atoms with Crippen LogP contribution in [0.4, 0.5) is 0 Å². The molecule has 0 saturated carbocycles. The number of ether oxygens (including phenoxy) is 1. The van der Waals surface area contributed by atoms with Gasteiger partial charge < -0.3 is 15.4 Å². The maximum Gasteiger partial charge on any atom is 0.220 e. The molecule has 1 saturated heterocycles. The van der Waals surface area contributed by atoms with Crippen molar-refractivity contribution in [3.63, 3.8) is 0 Å². The number of nitrogens with one attached hydrogen (secondary N) is 2. The lowest BCUT2D eigenvalue weighted by Gasteiger charge is -2.11. The lowest BCUT2D eigenvalue weighted by Crippen LogP contribution is -2.37. The van der Waals surface area contributed by atoms with Crippen LogP contribution in [-0.2, 0) is 4.79 Å². The van der Waals surface area contributed by atoms with Crippen molar-refractivity contribution in [2.75, 3.05) is 19.7 Å². The summed E-state index contributed by atoms with van der Waals surface area (Å²) < 4.78 is 5.54. The highest BCUT2D eigenvalue weighted by molar-refractivity contribution is 6.32. The van der Waals surface area contributed by atoms with Crippen LogP contribution in [0.1, 0.15) is 25.7 Å². The van der Waals surface area contributed by atoms with Crippen LogP contribution in [-0.4, -0.2) is 31.6 Å². The van der Waals surface area contributed by atoms with Gasteiger partial charge in [0.05, 0.1) is 11.6 Å². The molecule has 1 fully saturated rings. The summed E-state index contributed by atoms with van der Waals surface area (Å²) in [5, 5.41) is 6.91. The summed E-state index contributed by atoms with van der Waals surface area (Å²) in [7, 11) is 0. The molecule has 6 heteroatoms. The first kappa shape index (κ1) is 18.1. The third-order valence-electron chi connectivity index (χ3n) is 3.35. The normalized spacial score (nSPS) is 17.1. The number of halogens is 2. The molecule has 1 amide bonds. The van der Waals surface area contributed by atoms with Crippen molar-refractivity contribution >= 4 is 29.9 Å². The Balaban J connectivity index is 0.00000220. The number of amides is 1. The number of carbonyl (C=O) groups is 1. The average molecular weight is 333 g/mol. The second kappa shape index (κ2) is 9.87. The van der Waals surface area contributed by atoms with Crippen molar-refractivity contribution in [1.82, 2.24) is 10.6 Å². The number of rotatable bonds is 7. The first-order valence-corrected chi connectivity index (χ1v) is 7.51. The van der Waals surface area contributed by atoms with Gasteiger partial charge in [0.2, 0.25) is 5.91 Å². The summed E-state index contributed by atoms with van der Waals surface area (Å²) in [5.41, 5.74) is 0. The van der Waals surface area contributed by atoms with Crippen molar-refractivity contribution in [3.05, 3.63) is 29.3 Å². The summed E-state index contributed by atoms with van der Waals surface area (Å²) in [6.07, 6.45) is 3.52. The molecule has 0 spiro atoms. The molecule has 4 nitrogen and oxygen atoms in total. The second-order valence-electron chi connectivity index (χ2n) is 4.98. The van der Waals surface area contributed by atoms with E-state index in [1.807, 2.05) is 18.2 Å². The Morgan fingerprint density at radius 1 is 1.43 bits per heavy atom. The third kappa shape index (κ3) is 6.55. The van der Waals surface area contributed by atoms with Crippen molar-refractivity contribution < 1.29 is 9.53 Å². The van der Waals surface area contributed by atoms with Gasteiger partial charge in [0, 0.05) is 19.0 Å². The van der Waals surface area contributed by atoms with Crippen molar-refractivity contribution in [2.45, 2.75) is 31.7 Å². The Kier molecular flexibility index (Phi) is 8.50. The molecule has 1 aromatic carbocycles. The van der Waals surface area contributed by atoms with Gasteiger partial charge in [-0.25, -0.2) is 0 Å². The Hall–Kier alpha value is -0.970. The molecule has 118 valence electrons. The van der Waals surface area contributed by atoms with Crippen LogP contribution in [0.25, 0.3) is 0 Å². The molecule has 1 aromatic rings. The summed E-state index contributed by atoms with van der Waals surface area (Å²) in [5.74, 6) is 0.756. The van der Waals surface area contributed by atoms with Crippen LogP contribution < -0.4 is 15.4 Å². The molecule has 0 aromatic heterocycles. The summed E-state index contributed by atoms with van der Waals surface area (Å²) >= 11 is 5.98. The number of carbonyl (C=O) groups excluding carboxylic acids is 1. The highest BCUT2D eigenvalue weighted by Gasteiger charge is 2.14. The molecule has 1 aliphatic rings. The summed E-state index contributed by atoms with van der Waals surface area (Å²) in [6, 6.07) is 7.80. The molecule has 1 atom stereocenters. The fraction of sp³-hybridized carbons (Fsp3) is 0.533. The lowest BCUT2D eigenvalue weighted by atomic mass is 10.2. The number of benzene rings is 1. The van der Waals surface area contributed by atoms with Gasteiger partial charge in [-0.15, -0.1) is 12.4 Å². The molecule has 0 radical (unpaired) electrons. The number of hydrogen-bond acceptors (Lipinski definition) is 3. The first-order valence-electron chi connectivity index (χ1n) is 7.13. The van der Waals surface area contributed by atoms with Crippen molar-refractivity contribution in [2.24, 2.45) is 0 Å². The molecule has 0 aliphatic carbocycles. The van der Waals surface area contributed by atoms with E-state index in [0.717, 1.165) is 19.5 Å². The van der Waals surface area contributed by atoms with Gasteiger partial charge in [-0.2, -0.15) is 0 Å². The van der Waals surface area contributed by atoms with Crippen LogP contribution in [0.2, 0.25) is 5.02 Å². The molecule has 1 heterocycles. The zero-order chi connectivity index (χ0) is 14.2. The molecule has 2 rings (SSSR count). The largest absolute Gasteiger partial charge is 0.492 e. The predicted octanol–water partition coefficient (Wildman–Crippen LogP) is 2.79. The minimum absolute atomic E-state index is 0. The summed E-state index contributed by atoms with van der Waals surface area (Å²) in [6.45, 7) is 2.29. The number of hydrogen-bond donors (Lipinski definition) is 2. The Bertz CT molecular complexity index is 437. The Labute approximate surface area is 137 Å². The van der Waals surface area contributed by atoms with Crippen LogP contribution in [0.3, 0.4) is 0 Å². The van der Waals surface area contributed by atoms with Crippen molar-refractivity contribution in [3.8, 4) is 5.75 Å². The highest BCUT2D eigenvalue weighted by Crippen LogP contribution is 2.23. The molecule has 2 N–H and O–H groups in total. The van der Waals surface area contributed by atoms with E-state index in [1.165, 1.54) is 6.42 Å². The monoisotopic (exact) mass is 332 g/mol. The third-order valence-corrected chi connectivity index (χ3v) is 3.66. The molecular formula is C15H22Cl2N2O2. The van der Waals surface area contributed by atoms with Gasteiger partial charge in [-0.1, -0.05) is 23.7 Å². The van der Waals surface area contributed by atoms with E-state index in [0.29, 0.717) is 36.3 Å².